The minimum Gasteiger partial charge on any atom is -0.508 e. The summed E-state index contributed by atoms with van der Waals surface area (Å²) in [7, 11) is 0. The van der Waals surface area contributed by atoms with Gasteiger partial charge in [-0.3, -0.25) is 4.79 Å². The maximum Gasteiger partial charge on any atom is 0.311 e. The smallest absolute Gasteiger partial charge is 0.311 e. The first-order chi connectivity index (χ1) is 6.16. The third kappa shape index (κ3) is 1.39. The van der Waals surface area contributed by atoms with Crippen LogP contribution in [0.3, 0.4) is 0 Å². The predicted molar refractivity (Wildman–Crippen MR) is 43.9 cm³/mol. The molecule has 1 aliphatic heterocycles. The summed E-state index contributed by atoms with van der Waals surface area (Å²) >= 11 is 0. The van der Waals surface area contributed by atoms with Gasteiger partial charge in [0.05, 0.1) is 6.42 Å². The third-order valence-electron chi connectivity index (χ3n) is 2.30. The van der Waals surface area contributed by atoms with Crippen LogP contribution in [0.25, 0.3) is 0 Å². The molecule has 0 fully saturated rings. The van der Waals surface area contributed by atoms with E-state index in [0.717, 1.165) is 5.57 Å². The molecule has 1 heterocycles. The first-order valence-corrected chi connectivity index (χ1v) is 4.18. The van der Waals surface area contributed by atoms with Crippen molar-refractivity contribution < 1.29 is 19.7 Å². The fourth-order valence-corrected chi connectivity index (χ4v) is 1.56. The van der Waals surface area contributed by atoms with Gasteiger partial charge in [0.2, 0.25) is 0 Å². The zero-order chi connectivity index (χ0) is 9.42. The summed E-state index contributed by atoms with van der Waals surface area (Å²) in [4.78, 5) is 10.9. The molecular formula is C9H10O4. The van der Waals surface area contributed by atoms with Crippen LogP contribution in [-0.4, -0.2) is 16.2 Å². The average molecular weight is 182 g/mol. The second-order valence-corrected chi connectivity index (χ2v) is 3.25. The molecule has 1 aliphatic carbocycles. The molecule has 70 valence electrons. The van der Waals surface area contributed by atoms with Gasteiger partial charge in [0, 0.05) is 12.8 Å². The molecule has 0 spiro atoms. The molecule has 2 aliphatic rings. The van der Waals surface area contributed by atoms with Gasteiger partial charge in [0.1, 0.15) is 17.3 Å². The Morgan fingerprint density at radius 2 is 1.77 bits per heavy atom. The lowest BCUT2D eigenvalue weighted by Gasteiger charge is -2.23. The van der Waals surface area contributed by atoms with Crippen LogP contribution in [0.1, 0.15) is 25.7 Å². The van der Waals surface area contributed by atoms with Crippen molar-refractivity contribution in [3.05, 3.63) is 22.9 Å². The van der Waals surface area contributed by atoms with E-state index in [9.17, 15) is 15.0 Å². The largest absolute Gasteiger partial charge is 0.508 e. The van der Waals surface area contributed by atoms with E-state index in [0.29, 0.717) is 25.0 Å². The highest BCUT2D eigenvalue weighted by atomic mass is 16.5. The molecule has 0 unspecified atom stereocenters. The van der Waals surface area contributed by atoms with Gasteiger partial charge in [-0.05, 0) is 12.0 Å². The summed E-state index contributed by atoms with van der Waals surface area (Å²) in [6, 6.07) is 0. The van der Waals surface area contributed by atoms with Crippen molar-refractivity contribution >= 4 is 5.97 Å². The van der Waals surface area contributed by atoms with Crippen molar-refractivity contribution in [3.8, 4) is 0 Å². The number of esters is 1. The van der Waals surface area contributed by atoms with Gasteiger partial charge in [0.25, 0.3) is 0 Å². The van der Waals surface area contributed by atoms with Gasteiger partial charge >= 0.3 is 5.97 Å². The highest BCUT2D eigenvalue weighted by Gasteiger charge is 2.26. The lowest BCUT2D eigenvalue weighted by Crippen LogP contribution is -2.17. The summed E-state index contributed by atoms with van der Waals surface area (Å²) in [6.07, 6.45) is 1.46. The van der Waals surface area contributed by atoms with Crippen molar-refractivity contribution in [3.63, 3.8) is 0 Å². The molecule has 2 N–H and O–H groups in total. The Balaban J connectivity index is 2.22. The zero-order valence-electron chi connectivity index (χ0n) is 7.04. The standard InChI is InChI=1S/C9H10O4/c10-6-3-5-1-2-9(12)13-8(5)4-7(6)11/h10-11H,1-4H2. The highest BCUT2D eigenvalue weighted by Crippen LogP contribution is 2.33. The molecule has 0 aromatic carbocycles. The Labute approximate surface area is 75.1 Å². The quantitative estimate of drug-likeness (QED) is 0.559. The lowest BCUT2D eigenvalue weighted by atomic mass is 9.95. The van der Waals surface area contributed by atoms with Gasteiger partial charge in [-0.1, -0.05) is 0 Å². The molecule has 0 radical (unpaired) electrons. The van der Waals surface area contributed by atoms with Crippen molar-refractivity contribution in [2.24, 2.45) is 0 Å². The highest BCUT2D eigenvalue weighted by molar-refractivity contribution is 5.72. The number of hydrogen-bond donors (Lipinski definition) is 2. The molecule has 4 heteroatoms. The third-order valence-corrected chi connectivity index (χ3v) is 2.30. The monoisotopic (exact) mass is 182 g/mol. The van der Waals surface area contributed by atoms with E-state index >= 15 is 0 Å². The number of aliphatic hydroxyl groups is 2. The second kappa shape index (κ2) is 2.80. The second-order valence-electron chi connectivity index (χ2n) is 3.25. The average Bonchev–Trinajstić information content (AvgIpc) is 2.08. The van der Waals surface area contributed by atoms with Crippen LogP contribution >= 0.6 is 0 Å². The molecule has 0 atom stereocenters. The Bertz CT molecular complexity index is 325. The van der Waals surface area contributed by atoms with E-state index in [2.05, 4.69) is 0 Å². The van der Waals surface area contributed by atoms with E-state index in [1.54, 1.807) is 0 Å². The van der Waals surface area contributed by atoms with E-state index in [1.807, 2.05) is 0 Å². The number of rotatable bonds is 0. The number of hydrogen-bond acceptors (Lipinski definition) is 4. The number of carbonyl (C=O) groups is 1. The Hall–Kier alpha value is -1.45. The van der Waals surface area contributed by atoms with E-state index in [1.165, 1.54) is 0 Å². The summed E-state index contributed by atoms with van der Waals surface area (Å²) in [5.74, 6) is 0.171. The molecule has 0 saturated carbocycles. The molecule has 13 heavy (non-hydrogen) atoms. The van der Waals surface area contributed by atoms with Gasteiger partial charge < -0.3 is 14.9 Å². The maximum atomic E-state index is 10.9. The Morgan fingerprint density at radius 3 is 2.54 bits per heavy atom. The summed E-state index contributed by atoms with van der Waals surface area (Å²) in [5, 5.41) is 18.4. The summed E-state index contributed by atoms with van der Waals surface area (Å²) < 4.78 is 4.94. The van der Waals surface area contributed by atoms with Crippen LogP contribution in [0, 0.1) is 0 Å². The topological polar surface area (TPSA) is 66.8 Å². The SMILES string of the molecule is O=C1CCC2=C(CC(O)=C(O)C2)O1. The van der Waals surface area contributed by atoms with Crippen molar-refractivity contribution in [1.29, 1.82) is 0 Å². The fourth-order valence-electron chi connectivity index (χ4n) is 1.56. The van der Waals surface area contributed by atoms with Gasteiger partial charge in [0.15, 0.2) is 0 Å². The molecule has 0 bridgehead atoms. The Kier molecular flexibility index (Phi) is 1.76. The molecule has 0 aromatic rings. The van der Waals surface area contributed by atoms with Crippen molar-refractivity contribution in [2.45, 2.75) is 25.7 Å². The van der Waals surface area contributed by atoms with Gasteiger partial charge in [-0.2, -0.15) is 0 Å². The molecular weight excluding hydrogens is 172 g/mol. The van der Waals surface area contributed by atoms with Gasteiger partial charge in [-0.25, -0.2) is 0 Å². The van der Waals surface area contributed by atoms with Crippen molar-refractivity contribution in [1.82, 2.24) is 0 Å². The van der Waals surface area contributed by atoms with Crippen LogP contribution in [0.2, 0.25) is 0 Å². The van der Waals surface area contributed by atoms with Crippen LogP contribution in [-0.2, 0) is 9.53 Å². The zero-order valence-corrected chi connectivity index (χ0v) is 7.04. The summed E-state index contributed by atoms with van der Waals surface area (Å²) in [6.45, 7) is 0. The lowest BCUT2D eigenvalue weighted by molar-refractivity contribution is -0.141. The van der Waals surface area contributed by atoms with E-state index < -0.39 is 0 Å². The molecule has 4 nitrogen and oxygen atoms in total. The van der Waals surface area contributed by atoms with Crippen LogP contribution in [0.5, 0.6) is 0 Å². The maximum absolute atomic E-state index is 10.9. The minimum absolute atomic E-state index is 0.00306. The van der Waals surface area contributed by atoms with Crippen molar-refractivity contribution in [2.75, 3.05) is 0 Å². The number of allylic oxidation sites excluding steroid dienone is 1. The van der Waals surface area contributed by atoms with Crippen LogP contribution < -0.4 is 0 Å². The van der Waals surface area contributed by atoms with Crippen LogP contribution in [0.15, 0.2) is 22.9 Å². The minimum atomic E-state index is -0.257. The predicted octanol–water partition coefficient (Wildman–Crippen LogP) is 1.70. The number of aliphatic hydroxyl groups excluding tert-OH is 2. The molecule has 0 saturated heterocycles. The fraction of sp³-hybridized carbons (Fsp3) is 0.444. The Morgan fingerprint density at radius 1 is 1.08 bits per heavy atom. The van der Waals surface area contributed by atoms with Crippen LogP contribution in [0.4, 0.5) is 0 Å². The summed E-state index contributed by atoms with van der Waals surface area (Å²) in [5.41, 5.74) is 0.926. The molecule has 0 amide bonds. The first kappa shape index (κ1) is 8.16. The number of carbonyl (C=O) groups excluding carboxylic acids is 1. The molecule has 2 rings (SSSR count). The number of ether oxygens (including phenoxy) is 1. The van der Waals surface area contributed by atoms with E-state index in [-0.39, 0.29) is 23.9 Å². The van der Waals surface area contributed by atoms with Gasteiger partial charge in [-0.15, -0.1) is 0 Å². The normalized spacial score (nSPS) is 22.9. The molecule has 0 aromatic heterocycles. The van der Waals surface area contributed by atoms with E-state index in [4.69, 9.17) is 4.74 Å². The first-order valence-electron chi connectivity index (χ1n) is 4.18.